The summed E-state index contributed by atoms with van der Waals surface area (Å²) in [5.74, 6) is 0.513. The number of para-hydroxylation sites is 1. The van der Waals surface area contributed by atoms with E-state index in [-0.39, 0.29) is 5.91 Å². The predicted molar refractivity (Wildman–Crippen MR) is 106 cm³/mol. The number of benzene rings is 2. The van der Waals surface area contributed by atoms with E-state index in [0.29, 0.717) is 24.6 Å². The van der Waals surface area contributed by atoms with Crippen LogP contribution in [0.1, 0.15) is 19.4 Å². The van der Waals surface area contributed by atoms with Gasteiger partial charge in [-0.3, -0.25) is 4.79 Å². The number of hydrogen-bond acceptors (Lipinski definition) is 4. The molecule has 0 spiro atoms. The number of nitrogens with one attached hydrogen (secondary N) is 1. The van der Waals surface area contributed by atoms with Gasteiger partial charge in [-0.25, -0.2) is 4.79 Å². The quantitative estimate of drug-likeness (QED) is 0.744. The van der Waals surface area contributed by atoms with E-state index in [1.54, 1.807) is 29.2 Å². The maximum atomic E-state index is 12.1. The molecule has 0 aliphatic heterocycles. The summed E-state index contributed by atoms with van der Waals surface area (Å²) < 4.78 is 10.7. The fraction of sp³-hybridized carbons (Fsp3) is 0.238. The number of methoxy groups -OCH3 is 1. The summed E-state index contributed by atoms with van der Waals surface area (Å²) in [5.41, 5.74) is 1.47. The first-order valence-electron chi connectivity index (χ1n) is 8.76. The molecule has 142 valence electrons. The lowest BCUT2D eigenvalue weighted by molar-refractivity contribution is -0.111. The summed E-state index contributed by atoms with van der Waals surface area (Å²) in [5, 5.41) is 2.77. The molecule has 6 nitrogen and oxygen atoms in total. The monoisotopic (exact) mass is 368 g/mol. The second-order valence-corrected chi connectivity index (χ2v) is 5.64. The van der Waals surface area contributed by atoms with E-state index in [1.807, 2.05) is 44.2 Å². The van der Waals surface area contributed by atoms with Crippen LogP contribution in [0, 0.1) is 0 Å². The van der Waals surface area contributed by atoms with Crippen molar-refractivity contribution in [2.24, 2.45) is 0 Å². The first kappa shape index (κ1) is 20.0. The predicted octanol–water partition coefficient (Wildman–Crippen LogP) is 4.19. The summed E-state index contributed by atoms with van der Waals surface area (Å²) in [6, 6.07) is 14.3. The first-order chi connectivity index (χ1) is 13.1. The minimum Gasteiger partial charge on any atom is -0.493 e. The molecule has 2 rings (SSSR count). The molecule has 0 aliphatic rings. The smallest absolute Gasteiger partial charge is 0.415 e. The van der Waals surface area contributed by atoms with Crippen molar-refractivity contribution >= 4 is 23.8 Å². The maximum absolute atomic E-state index is 12.1. The van der Waals surface area contributed by atoms with E-state index in [4.69, 9.17) is 9.47 Å². The largest absolute Gasteiger partial charge is 0.493 e. The van der Waals surface area contributed by atoms with Crippen molar-refractivity contribution in [3.8, 4) is 11.5 Å². The van der Waals surface area contributed by atoms with Gasteiger partial charge in [0.05, 0.1) is 7.11 Å². The van der Waals surface area contributed by atoms with Gasteiger partial charge in [0.1, 0.15) is 0 Å². The molecule has 27 heavy (non-hydrogen) atoms. The van der Waals surface area contributed by atoms with Gasteiger partial charge in [0, 0.05) is 24.9 Å². The molecular weight excluding hydrogens is 344 g/mol. The molecule has 0 heterocycles. The second-order valence-electron chi connectivity index (χ2n) is 5.64. The van der Waals surface area contributed by atoms with E-state index in [9.17, 15) is 9.59 Å². The topological polar surface area (TPSA) is 67.9 Å². The number of carbonyl (C=O) groups is 2. The van der Waals surface area contributed by atoms with Crippen molar-refractivity contribution in [1.82, 2.24) is 4.90 Å². The van der Waals surface area contributed by atoms with Crippen molar-refractivity contribution in [3.05, 3.63) is 60.2 Å². The zero-order valence-electron chi connectivity index (χ0n) is 15.8. The highest BCUT2D eigenvalue weighted by Gasteiger charge is 2.15. The van der Waals surface area contributed by atoms with Crippen LogP contribution in [0.2, 0.25) is 0 Å². The summed E-state index contributed by atoms with van der Waals surface area (Å²) >= 11 is 0. The van der Waals surface area contributed by atoms with Gasteiger partial charge in [0.25, 0.3) is 0 Å². The van der Waals surface area contributed by atoms with Gasteiger partial charge in [0.2, 0.25) is 5.91 Å². The number of anilines is 1. The molecule has 0 saturated heterocycles. The lowest BCUT2D eigenvalue weighted by Crippen LogP contribution is -2.33. The van der Waals surface area contributed by atoms with Crippen molar-refractivity contribution < 1.29 is 19.1 Å². The zero-order chi connectivity index (χ0) is 19.6. The van der Waals surface area contributed by atoms with E-state index in [1.165, 1.54) is 13.2 Å². The molecule has 0 aromatic heterocycles. The van der Waals surface area contributed by atoms with Crippen LogP contribution in [-0.2, 0) is 4.79 Å². The Hall–Kier alpha value is -3.28. The molecule has 0 aliphatic carbocycles. The number of ether oxygens (including phenoxy) is 2. The third-order valence-electron chi connectivity index (χ3n) is 3.88. The maximum Gasteiger partial charge on any atom is 0.415 e. The number of hydrogen-bond donors (Lipinski definition) is 1. The van der Waals surface area contributed by atoms with Crippen molar-refractivity contribution in [2.45, 2.75) is 13.8 Å². The van der Waals surface area contributed by atoms with Crippen molar-refractivity contribution in [3.63, 3.8) is 0 Å². The Kier molecular flexibility index (Phi) is 7.43. The minimum absolute atomic E-state index is 0.239. The average molecular weight is 368 g/mol. The van der Waals surface area contributed by atoms with Gasteiger partial charge in [-0.1, -0.05) is 24.3 Å². The second kappa shape index (κ2) is 10.0. The lowest BCUT2D eigenvalue weighted by Gasteiger charge is -2.18. The lowest BCUT2D eigenvalue weighted by atomic mass is 10.2. The Balaban J connectivity index is 2.06. The molecule has 6 heteroatoms. The van der Waals surface area contributed by atoms with Gasteiger partial charge < -0.3 is 19.7 Å². The number of nitrogens with zero attached hydrogens (tertiary/aromatic N) is 1. The van der Waals surface area contributed by atoms with Crippen LogP contribution in [0.4, 0.5) is 10.5 Å². The molecule has 2 amide bonds. The van der Waals surface area contributed by atoms with Crippen LogP contribution in [0.3, 0.4) is 0 Å². The van der Waals surface area contributed by atoms with E-state index < -0.39 is 6.09 Å². The summed E-state index contributed by atoms with van der Waals surface area (Å²) in [6.07, 6.45) is 2.67. The molecule has 0 bridgehead atoms. The molecule has 0 radical (unpaired) electrons. The summed E-state index contributed by atoms with van der Waals surface area (Å²) in [4.78, 5) is 25.7. The van der Waals surface area contributed by atoms with Crippen LogP contribution in [0.15, 0.2) is 54.6 Å². The van der Waals surface area contributed by atoms with Crippen LogP contribution < -0.4 is 14.8 Å². The van der Waals surface area contributed by atoms with Crippen LogP contribution in [0.25, 0.3) is 6.08 Å². The van der Waals surface area contributed by atoms with Crippen LogP contribution >= 0.6 is 0 Å². The molecule has 0 unspecified atom stereocenters. The van der Waals surface area contributed by atoms with Crippen molar-refractivity contribution in [2.75, 3.05) is 25.5 Å². The molecule has 0 fully saturated rings. The Labute approximate surface area is 159 Å². The first-order valence-corrected chi connectivity index (χ1v) is 8.76. The molecule has 2 aromatic carbocycles. The third kappa shape index (κ3) is 5.88. The van der Waals surface area contributed by atoms with E-state index in [0.717, 1.165) is 11.3 Å². The van der Waals surface area contributed by atoms with Crippen LogP contribution in [-0.4, -0.2) is 37.1 Å². The molecular formula is C21H24N2O4. The van der Waals surface area contributed by atoms with Gasteiger partial charge in [-0.05, 0) is 49.8 Å². The highest BCUT2D eigenvalue weighted by atomic mass is 16.6. The average Bonchev–Trinajstić information content (AvgIpc) is 2.69. The Bertz CT molecular complexity index is 799. The number of rotatable bonds is 7. The Morgan fingerprint density at radius 2 is 1.74 bits per heavy atom. The normalized spacial score (nSPS) is 10.5. The molecule has 1 N–H and O–H groups in total. The van der Waals surface area contributed by atoms with E-state index >= 15 is 0 Å². The molecule has 2 aromatic rings. The van der Waals surface area contributed by atoms with E-state index in [2.05, 4.69) is 5.32 Å². The molecule has 0 saturated carbocycles. The van der Waals surface area contributed by atoms with Gasteiger partial charge in [-0.15, -0.1) is 0 Å². The number of amides is 2. The van der Waals surface area contributed by atoms with Gasteiger partial charge in [0.15, 0.2) is 11.5 Å². The van der Waals surface area contributed by atoms with Crippen LogP contribution in [0.5, 0.6) is 11.5 Å². The minimum atomic E-state index is -0.427. The Morgan fingerprint density at radius 1 is 1.04 bits per heavy atom. The highest BCUT2D eigenvalue weighted by Crippen LogP contribution is 2.29. The standard InChI is InChI=1S/C21H24N2O4/c1-4-23(5-2)21(25)27-18-13-11-16(15-19(18)26-3)12-14-20(24)22-17-9-7-6-8-10-17/h6-15H,4-5H2,1-3H3,(H,22,24). The fourth-order valence-electron chi connectivity index (χ4n) is 2.39. The van der Waals surface area contributed by atoms with Gasteiger partial charge >= 0.3 is 6.09 Å². The Morgan fingerprint density at radius 3 is 2.37 bits per heavy atom. The summed E-state index contributed by atoms with van der Waals surface area (Å²) in [7, 11) is 1.50. The highest BCUT2D eigenvalue weighted by molar-refractivity contribution is 6.01. The third-order valence-corrected chi connectivity index (χ3v) is 3.88. The number of carbonyl (C=O) groups excluding carboxylic acids is 2. The summed E-state index contributed by atoms with van der Waals surface area (Å²) in [6.45, 7) is 4.90. The fourth-order valence-corrected chi connectivity index (χ4v) is 2.39. The SMILES string of the molecule is CCN(CC)C(=O)Oc1ccc(C=CC(=O)Nc2ccccc2)cc1OC. The zero-order valence-corrected chi connectivity index (χ0v) is 15.8. The molecule has 0 atom stereocenters. The van der Waals surface area contributed by atoms with Gasteiger partial charge in [-0.2, -0.15) is 0 Å². The van der Waals surface area contributed by atoms with Crippen molar-refractivity contribution in [1.29, 1.82) is 0 Å².